The summed E-state index contributed by atoms with van der Waals surface area (Å²) in [6.07, 6.45) is 0. The van der Waals surface area contributed by atoms with Crippen molar-refractivity contribution in [1.82, 2.24) is 0 Å². The standard InChI is InChI=1S/C14H20O2S/c1-10-6-8-12(9-7-10)17-11(2)13(15)16-14(3,4)5/h6-9,11H,1-5H3. The second kappa shape index (κ2) is 5.58. The van der Waals surface area contributed by atoms with Crippen molar-refractivity contribution >= 4 is 17.7 Å². The van der Waals surface area contributed by atoms with Crippen LogP contribution in [-0.2, 0) is 9.53 Å². The summed E-state index contributed by atoms with van der Waals surface area (Å²) in [5.74, 6) is -0.164. The molecule has 1 aromatic rings. The Balaban J connectivity index is 2.57. The van der Waals surface area contributed by atoms with Gasteiger partial charge in [-0.25, -0.2) is 0 Å². The third kappa shape index (κ3) is 5.26. The third-order valence-electron chi connectivity index (χ3n) is 2.07. The maximum absolute atomic E-state index is 11.8. The summed E-state index contributed by atoms with van der Waals surface area (Å²) >= 11 is 1.53. The van der Waals surface area contributed by atoms with Gasteiger partial charge in [0.25, 0.3) is 0 Å². The highest BCUT2D eigenvalue weighted by molar-refractivity contribution is 8.00. The molecular weight excluding hydrogens is 232 g/mol. The molecule has 0 fully saturated rings. The van der Waals surface area contributed by atoms with Crippen LogP contribution in [0.3, 0.4) is 0 Å². The quantitative estimate of drug-likeness (QED) is 0.604. The van der Waals surface area contributed by atoms with Crippen LogP contribution in [0.4, 0.5) is 0 Å². The number of aryl methyl sites for hydroxylation is 1. The lowest BCUT2D eigenvalue weighted by molar-refractivity contribution is -0.153. The molecule has 1 atom stereocenters. The number of ether oxygens (including phenoxy) is 1. The Hall–Kier alpha value is -0.960. The lowest BCUT2D eigenvalue weighted by atomic mass is 10.2. The van der Waals surface area contributed by atoms with Crippen LogP contribution in [-0.4, -0.2) is 16.8 Å². The Kier molecular flexibility index (Phi) is 4.63. The molecule has 0 N–H and O–H groups in total. The fourth-order valence-electron chi connectivity index (χ4n) is 1.25. The molecule has 1 aromatic carbocycles. The van der Waals surface area contributed by atoms with Gasteiger partial charge >= 0.3 is 5.97 Å². The second-order valence-electron chi connectivity index (χ2n) is 5.11. The molecule has 3 heteroatoms. The van der Waals surface area contributed by atoms with Crippen molar-refractivity contribution in [1.29, 1.82) is 0 Å². The van der Waals surface area contributed by atoms with Crippen molar-refractivity contribution in [2.24, 2.45) is 0 Å². The van der Waals surface area contributed by atoms with E-state index in [9.17, 15) is 4.79 Å². The molecule has 2 nitrogen and oxygen atoms in total. The van der Waals surface area contributed by atoms with E-state index in [0.717, 1.165) is 4.90 Å². The molecule has 17 heavy (non-hydrogen) atoms. The first-order valence-corrected chi connectivity index (χ1v) is 6.62. The number of thioether (sulfide) groups is 1. The van der Waals surface area contributed by atoms with Crippen LogP contribution in [0.5, 0.6) is 0 Å². The van der Waals surface area contributed by atoms with Crippen LogP contribution in [0, 0.1) is 6.92 Å². The largest absolute Gasteiger partial charge is 0.459 e. The highest BCUT2D eigenvalue weighted by Gasteiger charge is 2.22. The number of carbonyl (C=O) groups excluding carboxylic acids is 1. The summed E-state index contributed by atoms with van der Waals surface area (Å²) in [6, 6.07) is 8.15. The lowest BCUT2D eigenvalue weighted by Gasteiger charge is -2.22. The van der Waals surface area contributed by atoms with E-state index in [1.54, 1.807) is 0 Å². The molecule has 1 rings (SSSR count). The van der Waals surface area contributed by atoms with Crippen LogP contribution < -0.4 is 0 Å². The number of hydrogen-bond donors (Lipinski definition) is 0. The molecule has 0 spiro atoms. The molecule has 0 bridgehead atoms. The monoisotopic (exact) mass is 252 g/mol. The summed E-state index contributed by atoms with van der Waals surface area (Å²) in [5.41, 5.74) is 0.804. The fraction of sp³-hybridized carbons (Fsp3) is 0.500. The number of benzene rings is 1. The van der Waals surface area contributed by atoms with Gasteiger partial charge in [-0.05, 0) is 46.8 Å². The Bertz CT molecular complexity index is 376. The molecule has 0 aliphatic carbocycles. The van der Waals surface area contributed by atoms with Gasteiger partial charge in [0.2, 0.25) is 0 Å². The zero-order valence-electron chi connectivity index (χ0n) is 11.1. The maximum atomic E-state index is 11.8. The molecule has 0 aromatic heterocycles. The van der Waals surface area contributed by atoms with Gasteiger partial charge in [0.1, 0.15) is 10.9 Å². The molecule has 0 radical (unpaired) electrons. The van der Waals surface area contributed by atoms with E-state index >= 15 is 0 Å². The predicted molar refractivity (Wildman–Crippen MR) is 72.3 cm³/mol. The summed E-state index contributed by atoms with van der Waals surface area (Å²) < 4.78 is 5.34. The van der Waals surface area contributed by atoms with E-state index in [0.29, 0.717) is 0 Å². The van der Waals surface area contributed by atoms with Crippen LogP contribution >= 0.6 is 11.8 Å². The van der Waals surface area contributed by atoms with Crippen molar-refractivity contribution in [2.75, 3.05) is 0 Å². The molecule has 0 saturated carbocycles. The summed E-state index contributed by atoms with van der Waals surface area (Å²) in [5, 5.41) is -0.183. The first-order chi connectivity index (χ1) is 7.78. The minimum Gasteiger partial charge on any atom is -0.459 e. The van der Waals surface area contributed by atoms with Crippen molar-refractivity contribution in [2.45, 2.75) is 50.4 Å². The third-order valence-corrected chi connectivity index (χ3v) is 3.16. The normalized spacial score (nSPS) is 13.2. The van der Waals surface area contributed by atoms with Gasteiger partial charge in [-0.15, -0.1) is 11.8 Å². The number of esters is 1. The van der Waals surface area contributed by atoms with E-state index in [2.05, 4.69) is 0 Å². The zero-order valence-corrected chi connectivity index (χ0v) is 11.9. The predicted octanol–water partition coefficient (Wildman–Crippen LogP) is 3.82. The number of hydrogen-bond acceptors (Lipinski definition) is 3. The molecule has 0 heterocycles. The Morgan fingerprint density at radius 1 is 1.24 bits per heavy atom. The smallest absolute Gasteiger partial charge is 0.319 e. The molecular formula is C14H20O2S. The van der Waals surface area contributed by atoms with Crippen LogP contribution in [0.25, 0.3) is 0 Å². The first kappa shape index (κ1) is 14.1. The topological polar surface area (TPSA) is 26.3 Å². The van der Waals surface area contributed by atoms with Gasteiger partial charge in [-0.2, -0.15) is 0 Å². The van der Waals surface area contributed by atoms with Crippen molar-refractivity contribution in [3.63, 3.8) is 0 Å². The molecule has 0 aliphatic rings. The van der Waals surface area contributed by atoms with E-state index in [4.69, 9.17) is 4.74 Å². The summed E-state index contributed by atoms with van der Waals surface area (Å²) in [6.45, 7) is 9.57. The molecule has 0 saturated heterocycles. The van der Waals surface area contributed by atoms with Gasteiger partial charge in [-0.3, -0.25) is 4.79 Å². The summed E-state index contributed by atoms with van der Waals surface area (Å²) in [7, 11) is 0. The van der Waals surface area contributed by atoms with E-state index in [-0.39, 0.29) is 11.2 Å². The van der Waals surface area contributed by atoms with E-state index < -0.39 is 5.60 Å². The summed E-state index contributed by atoms with van der Waals surface area (Å²) in [4.78, 5) is 12.9. The average molecular weight is 252 g/mol. The SMILES string of the molecule is Cc1ccc(SC(C)C(=O)OC(C)(C)C)cc1. The van der Waals surface area contributed by atoms with Crippen LogP contribution in [0.15, 0.2) is 29.2 Å². The highest BCUT2D eigenvalue weighted by Crippen LogP contribution is 2.25. The lowest BCUT2D eigenvalue weighted by Crippen LogP contribution is -2.28. The Morgan fingerprint density at radius 3 is 2.24 bits per heavy atom. The Labute approximate surface area is 108 Å². The first-order valence-electron chi connectivity index (χ1n) is 5.74. The van der Waals surface area contributed by atoms with Gasteiger partial charge < -0.3 is 4.74 Å². The van der Waals surface area contributed by atoms with Crippen molar-refractivity contribution in [3.8, 4) is 0 Å². The molecule has 94 valence electrons. The Morgan fingerprint density at radius 2 is 1.76 bits per heavy atom. The maximum Gasteiger partial charge on any atom is 0.319 e. The zero-order chi connectivity index (χ0) is 13.1. The van der Waals surface area contributed by atoms with Crippen molar-refractivity contribution < 1.29 is 9.53 Å². The van der Waals surface area contributed by atoms with E-state index in [1.807, 2.05) is 58.9 Å². The van der Waals surface area contributed by atoms with Gasteiger partial charge in [0.05, 0.1) is 0 Å². The fourth-order valence-corrected chi connectivity index (χ4v) is 2.10. The van der Waals surface area contributed by atoms with Crippen LogP contribution in [0.1, 0.15) is 33.3 Å². The van der Waals surface area contributed by atoms with Crippen LogP contribution in [0.2, 0.25) is 0 Å². The number of carbonyl (C=O) groups is 1. The molecule has 0 amide bonds. The molecule has 1 unspecified atom stereocenters. The number of rotatable bonds is 3. The van der Waals surface area contributed by atoms with Crippen molar-refractivity contribution in [3.05, 3.63) is 29.8 Å². The minimum atomic E-state index is -0.417. The molecule has 0 aliphatic heterocycles. The average Bonchev–Trinajstić information content (AvgIpc) is 2.19. The van der Waals surface area contributed by atoms with Gasteiger partial charge in [-0.1, -0.05) is 17.7 Å². The van der Waals surface area contributed by atoms with E-state index in [1.165, 1.54) is 17.3 Å². The van der Waals surface area contributed by atoms with Gasteiger partial charge in [0, 0.05) is 4.90 Å². The highest BCUT2D eigenvalue weighted by atomic mass is 32.2. The minimum absolute atomic E-state index is 0.164. The second-order valence-corrected chi connectivity index (χ2v) is 6.52. The van der Waals surface area contributed by atoms with Gasteiger partial charge in [0.15, 0.2) is 0 Å².